The second kappa shape index (κ2) is 12.4. The van der Waals surface area contributed by atoms with Gasteiger partial charge in [-0.05, 0) is 56.0 Å². The van der Waals surface area contributed by atoms with Crippen molar-refractivity contribution >= 4 is 23.4 Å². The van der Waals surface area contributed by atoms with Crippen molar-refractivity contribution in [2.75, 3.05) is 13.2 Å². The molecule has 0 saturated heterocycles. The molecule has 0 fully saturated rings. The number of carbonyl (C=O) groups is 2. The second-order valence-corrected chi connectivity index (χ2v) is 8.66. The van der Waals surface area contributed by atoms with E-state index in [1.807, 2.05) is 45.0 Å². The van der Waals surface area contributed by atoms with Gasteiger partial charge in [0.2, 0.25) is 11.8 Å². The van der Waals surface area contributed by atoms with Gasteiger partial charge in [0.05, 0.1) is 6.61 Å². The van der Waals surface area contributed by atoms with Gasteiger partial charge in [-0.25, -0.2) is 0 Å². The molecule has 1 unspecified atom stereocenters. The number of rotatable bonds is 11. The molecular weight excluding hydrogens is 412 g/mol. The Morgan fingerprint density at radius 3 is 2.29 bits per heavy atom. The minimum atomic E-state index is -0.551. The summed E-state index contributed by atoms with van der Waals surface area (Å²) in [6.07, 6.45) is 0.868. The van der Waals surface area contributed by atoms with Crippen LogP contribution in [0, 0.1) is 12.8 Å². The van der Waals surface area contributed by atoms with Gasteiger partial charge in [0.1, 0.15) is 11.8 Å². The monoisotopic (exact) mass is 444 g/mol. The summed E-state index contributed by atoms with van der Waals surface area (Å²) in [5.41, 5.74) is 2.16. The molecule has 0 aliphatic heterocycles. The molecule has 2 aromatic rings. The normalized spacial score (nSPS) is 11.8. The van der Waals surface area contributed by atoms with E-state index in [9.17, 15) is 9.59 Å². The number of hydrogen-bond acceptors (Lipinski definition) is 3. The highest BCUT2D eigenvalue weighted by atomic mass is 35.5. The molecule has 31 heavy (non-hydrogen) atoms. The van der Waals surface area contributed by atoms with Crippen LogP contribution < -0.4 is 10.1 Å². The molecule has 6 heteroatoms. The van der Waals surface area contributed by atoms with E-state index in [1.165, 1.54) is 0 Å². The summed E-state index contributed by atoms with van der Waals surface area (Å²) in [5, 5.41) is 3.59. The number of aryl methyl sites for hydroxylation is 1. The zero-order valence-corrected chi connectivity index (χ0v) is 19.6. The van der Waals surface area contributed by atoms with E-state index < -0.39 is 6.04 Å². The molecule has 0 saturated carbocycles. The van der Waals surface area contributed by atoms with Gasteiger partial charge in [0, 0.05) is 24.5 Å². The number of halogens is 1. The first-order valence-corrected chi connectivity index (χ1v) is 11.1. The van der Waals surface area contributed by atoms with Crippen LogP contribution in [0.2, 0.25) is 5.02 Å². The summed E-state index contributed by atoms with van der Waals surface area (Å²) >= 11 is 5.88. The van der Waals surface area contributed by atoms with Gasteiger partial charge in [-0.3, -0.25) is 9.59 Å². The maximum atomic E-state index is 13.0. The quantitative estimate of drug-likeness (QED) is 0.496. The number of amides is 2. The van der Waals surface area contributed by atoms with E-state index >= 15 is 0 Å². The summed E-state index contributed by atoms with van der Waals surface area (Å²) < 4.78 is 5.69. The van der Waals surface area contributed by atoms with Crippen LogP contribution in [0.5, 0.6) is 5.75 Å². The first kappa shape index (κ1) is 24.7. The van der Waals surface area contributed by atoms with Crippen molar-refractivity contribution in [3.63, 3.8) is 0 Å². The van der Waals surface area contributed by atoms with Crippen molar-refractivity contribution in [1.29, 1.82) is 0 Å². The van der Waals surface area contributed by atoms with Gasteiger partial charge in [-0.1, -0.05) is 55.3 Å². The van der Waals surface area contributed by atoms with Crippen molar-refractivity contribution in [1.82, 2.24) is 10.2 Å². The third kappa shape index (κ3) is 8.62. The van der Waals surface area contributed by atoms with Crippen molar-refractivity contribution < 1.29 is 14.3 Å². The number of ether oxygens (including phenoxy) is 1. The molecular formula is C25H33ClN2O3. The molecule has 0 radical (unpaired) electrons. The fourth-order valence-corrected chi connectivity index (χ4v) is 3.14. The van der Waals surface area contributed by atoms with Crippen LogP contribution in [-0.4, -0.2) is 35.9 Å². The summed E-state index contributed by atoms with van der Waals surface area (Å²) in [6.45, 7) is 9.29. The van der Waals surface area contributed by atoms with E-state index in [4.69, 9.17) is 16.3 Å². The Kier molecular flexibility index (Phi) is 9.86. The Morgan fingerprint density at radius 2 is 1.68 bits per heavy atom. The smallest absolute Gasteiger partial charge is 0.242 e. The van der Waals surface area contributed by atoms with E-state index in [0.29, 0.717) is 43.5 Å². The highest BCUT2D eigenvalue weighted by molar-refractivity contribution is 6.30. The Balaban J connectivity index is 1.97. The molecule has 2 amide bonds. The van der Waals surface area contributed by atoms with Crippen molar-refractivity contribution in [3.05, 3.63) is 64.7 Å². The molecule has 0 heterocycles. The topological polar surface area (TPSA) is 58.6 Å². The van der Waals surface area contributed by atoms with E-state index in [2.05, 4.69) is 5.32 Å². The molecule has 0 aromatic heterocycles. The molecule has 0 bridgehead atoms. The van der Waals surface area contributed by atoms with E-state index in [-0.39, 0.29) is 11.8 Å². The molecule has 1 N–H and O–H groups in total. The molecule has 2 aromatic carbocycles. The first-order valence-electron chi connectivity index (χ1n) is 10.8. The minimum absolute atomic E-state index is 0.0625. The average molecular weight is 445 g/mol. The molecule has 168 valence electrons. The van der Waals surface area contributed by atoms with Gasteiger partial charge in [0.25, 0.3) is 0 Å². The summed E-state index contributed by atoms with van der Waals surface area (Å²) in [5.74, 6) is 0.872. The largest absolute Gasteiger partial charge is 0.494 e. The molecule has 5 nitrogen and oxygen atoms in total. The number of benzene rings is 2. The Bertz CT molecular complexity index is 835. The maximum Gasteiger partial charge on any atom is 0.242 e. The number of hydrogen-bond donors (Lipinski definition) is 1. The van der Waals surface area contributed by atoms with E-state index in [1.54, 1.807) is 36.1 Å². The predicted molar refractivity (Wildman–Crippen MR) is 125 cm³/mol. The fourth-order valence-electron chi connectivity index (χ4n) is 3.01. The molecule has 1 atom stereocenters. The zero-order chi connectivity index (χ0) is 22.8. The summed E-state index contributed by atoms with van der Waals surface area (Å²) in [4.78, 5) is 27.3. The lowest BCUT2D eigenvalue weighted by atomic mass is 10.1. The highest BCUT2D eigenvalue weighted by Gasteiger charge is 2.25. The van der Waals surface area contributed by atoms with E-state index in [0.717, 1.165) is 16.9 Å². The van der Waals surface area contributed by atoms with Crippen LogP contribution in [0.1, 0.15) is 44.7 Å². The van der Waals surface area contributed by atoms with Crippen LogP contribution in [0.25, 0.3) is 0 Å². The standard InChI is InChI=1S/C25H33ClN2O3/c1-18(2)16-27-25(30)20(4)28(17-21-9-7-19(3)8-10-21)24(29)6-5-15-31-23-13-11-22(26)12-14-23/h7-14,18,20H,5-6,15-17H2,1-4H3,(H,27,30). The third-order valence-electron chi connectivity index (χ3n) is 4.94. The SMILES string of the molecule is Cc1ccc(CN(C(=O)CCCOc2ccc(Cl)cc2)C(C)C(=O)NCC(C)C)cc1. The number of nitrogens with one attached hydrogen (secondary N) is 1. The average Bonchev–Trinajstić information content (AvgIpc) is 2.75. The summed E-state index contributed by atoms with van der Waals surface area (Å²) in [6, 6.07) is 14.6. The lowest BCUT2D eigenvalue weighted by molar-refractivity contribution is -0.140. The predicted octanol–water partition coefficient (Wildman–Crippen LogP) is 5.00. The van der Waals surface area contributed by atoms with Gasteiger partial charge in [-0.2, -0.15) is 0 Å². The maximum absolute atomic E-state index is 13.0. The van der Waals surface area contributed by atoms with Crippen LogP contribution in [-0.2, 0) is 16.1 Å². The van der Waals surface area contributed by atoms with Crippen LogP contribution in [0.3, 0.4) is 0 Å². The molecule has 0 spiro atoms. The van der Waals surface area contributed by atoms with Crippen molar-refractivity contribution in [2.45, 2.75) is 53.1 Å². The molecule has 0 aliphatic carbocycles. The summed E-state index contributed by atoms with van der Waals surface area (Å²) in [7, 11) is 0. The Hall–Kier alpha value is -2.53. The van der Waals surface area contributed by atoms with Crippen LogP contribution in [0.4, 0.5) is 0 Å². The first-order chi connectivity index (χ1) is 14.8. The van der Waals surface area contributed by atoms with Gasteiger partial charge in [0.15, 0.2) is 0 Å². The second-order valence-electron chi connectivity index (χ2n) is 8.23. The lowest BCUT2D eigenvalue weighted by Crippen LogP contribution is -2.48. The minimum Gasteiger partial charge on any atom is -0.494 e. The third-order valence-corrected chi connectivity index (χ3v) is 5.19. The molecule has 2 rings (SSSR count). The molecule has 0 aliphatic rings. The van der Waals surface area contributed by atoms with Crippen molar-refractivity contribution in [2.24, 2.45) is 5.92 Å². The highest BCUT2D eigenvalue weighted by Crippen LogP contribution is 2.17. The fraction of sp³-hybridized carbons (Fsp3) is 0.440. The lowest BCUT2D eigenvalue weighted by Gasteiger charge is -2.29. The van der Waals surface area contributed by atoms with Gasteiger partial charge >= 0.3 is 0 Å². The van der Waals surface area contributed by atoms with Crippen LogP contribution >= 0.6 is 11.6 Å². The van der Waals surface area contributed by atoms with Crippen LogP contribution in [0.15, 0.2) is 48.5 Å². The van der Waals surface area contributed by atoms with Gasteiger partial charge in [-0.15, -0.1) is 0 Å². The van der Waals surface area contributed by atoms with Gasteiger partial charge < -0.3 is 15.0 Å². The Morgan fingerprint density at radius 1 is 1.03 bits per heavy atom. The number of carbonyl (C=O) groups excluding carboxylic acids is 2. The Labute approximate surface area is 190 Å². The van der Waals surface area contributed by atoms with Crippen molar-refractivity contribution in [3.8, 4) is 5.75 Å². The zero-order valence-electron chi connectivity index (χ0n) is 18.9. The number of nitrogens with zero attached hydrogens (tertiary/aromatic N) is 1.